The van der Waals surface area contributed by atoms with Crippen LogP contribution in [0.2, 0.25) is 0 Å². The highest BCUT2D eigenvalue weighted by molar-refractivity contribution is 7.92. The Bertz CT molecular complexity index is 6370. The lowest BCUT2D eigenvalue weighted by Gasteiger charge is -2.23. The highest BCUT2D eigenvalue weighted by Gasteiger charge is 2.37. The number of methoxy groups -OCH3 is 6. The minimum atomic E-state index is -3.57. The fourth-order valence-electron chi connectivity index (χ4n) is 19.1. The van der Waals surface area contributed by atoms with Crippen LogP contribution in [-0.4, -0.2) is 174 Å². The Morgan fingerprint density at radius 2 is 0.682 bits per heavy atom. The molecule has 8 amide bonds. The lowest BCUT2D eigenvalue weighted by molar-refractivity contribution is 0.0165. The zero-order valence-electron chi connectivity index (χ0n) is 74.5. The van der Waals surface area contributed by atoms with Crippen LogP contribution in [0, 0.1) is 0 Å². The molecule has 8 heterocycles. The number of ether oxygens (including phenoxy) is 10. The first-order chi connectivity index (χ1) is 63.5. The van der Waals surface area contributed by atoms with Crippen molar-refractivity contribution in [1.82, 2.24) is 39.1 Å². The van der Waals surface area contributed by atoms with Gasteiger partial charge in [-0.25, -0.2) is 75.3 Å². The monoisotopic (exact) mass is 1880 g/mol. The van der Waals surface area contributed by atoms with Crippen LogP contribution in [0.1, 0.15) is 131 Å². The van der Waals surface area contributed by atoms with E-state index >= 15 is 0 Å². The van der Waals surface area contributed by atoms with Gasteiger partial charge in [-0.2, -0.15) is 20.4 Å². The second-order valence-electron chi connectivity index (χ2n) is 33.9. The Morgan fingerprint density at radius 1 is 0.379 bits per heavy atom. The number of nitrogens with two attached hydrogens (primary N) is 4. The maximum atomic E-state index is 13.2. The number of rotatable bonds is 16. The zero-order valence-corrected chi connectivity index (χ0v) is 77.8. The summed E-state index contributed by atoms with van der Waals surface area (Å²) in [5.41, 5.74) is 21.6. The second kappa shape index (κ2) is 38.5. The second-order valence-corrected chi connectivity index (χ2v) is 41.0. The van der Waals surface area contributed by atoms with E-state index in [2.05, 4.69) is 85.1 Å². The predicted molar refractivity (Wildman–Crippen MR) is 494 cm³/mol. The van der Waals surface area contributed by atoms with Gasteiger partial charge < -0.3 is 68.6 Å². The van der Waals surface area contributed by atoms with E-state index in [4.69, 9.17) is 67.9 Å². The minimum Gasteiger partial charge on any atom is -0.497 e. The Kier molecular flexibility index (Phi) is 26.9. The summed E-state index contributed by atoms with van der Waals surface area (Å²) in [6.07, 6.45) is 20.3. The van der Waals surface area contributed by atoms with Crippen LogP contribution in [0.4, 0.5) is 41.9 Å². The third-order valence-corrected chi connectivity index (χ3v) is 31.0. The molecule has 20 rings (SSSR count). The van der Waals surface area contributed by atoms with Crippen LogP contribution in [0.25, 0.3) is 22.3 Å². The molecule has 6 aromatic carbocycles. The van der Waals surface area contributed by atoms with Gasteiger partial charge in [0.25, 0.3) is 0 Å². The number of hydrogen-bond donors (Lipinski definition) is 8. The van der Waals surface area contributed by atoms with Gasteiger partial charge in [0, 0.05) is 51.2 Å². The van der Waals surface area contributed by atoms with Crippen LogP contribution in [-0.2, 0) is 149 Å². The molecule has 0 fully saturated rings. The maximum Gasteiger partial charge on any atom is 0.354 e. The highest BCUT2D eigenvalue weighted by Crippen LogP contribution is 2.48. The van der Waals surface area contributed by atoms with E-state index in [0.717, 1.165) is 159 Å². The maximum absolute atomic E-state index is 13.2. The smallest absolute Gasteiger partial charge is 0.354 e. The van der Waals surface area contributed by atoms with E-state index in [1.807, 2.05) is 72.8 Å². The molecule has 42 heteroatoms. The molecule has 0 radical (unpaired) electrons. The Labute approximate surface area is 765 Å². The fraction of sp³-hybridized carbons (Fsp3) is 0.422. The third-order valence-electron chi connectivity index (χ3n) is 25.6. The summed E-state index contributed by atoms with van der Waals surface area (Å²) in [7, 11) is -4.59. The number of amides is 8. The van der Waals surface area contributed by atoms with Crippen LogP contribution in [0.3, 0.4) is 0 Å². The molecule has 10 aliphatic rings. The molecule has 4 aromatic heterocycles. The molecule has 0 bridgehead atoms. The minimum absolute atomic E-state index is 0.0841. The lowest BCUT2D eigenvalue weighted by Crippen LogP contribution is -2.32. The first-order valence-electron chi connectivity index (χ1n) is 43.8. The largest absolute Gasteiger partial charge is 0.497 e. The number of urea groups is 4. The van der Waals surface area contributed by atoms with E-state index < -0.39 is 63.8 Å². The van der Waals surface area contributed by atoms with Gasteiger partial charge in [0.05, 0.1) is 65.2 Å². The molecule has 10 atom stereocenters. The van der Waals surface area contributed by atoms with Crippen molar-refractivity contribution in [3.63, 3.8) is 0 Å². The summed E-state index contributed by atoms with van der Waals surface area (Å²) in [5, 5.41) is 52.1. The Hall–Kier alpha value is -11.7. The number of aromatic nitrogens is 8. The first kappa shape index (κ1) is 92.2. The topological polar surface area (TPSA) is 502 Å². The van der Waals surface area contributed by atoms with Crippen LogP contribution < -0.4 is 70.2 Å². The summed E-state index contributed by atoms with van der Waals surface area (Å²) in [5.74, 6) is 3.32. The Morgan fingerprint density at radius 3 is 1.00 bits per heavy atom. The molecule has 4 aliphatic heterocycles. The number of nitrogens with zero attached hydrogens (tertiary/aromatic N) is 12. The molecular formula is C90H108N20O18S4. The van der Waals surface area contributed by atoms with Gasteiger partial charge in [0.1, 0.15) is 81.9 Å². The van der Waals surface area contributed by atoms with E-state index in [1.54, 1.807) is 42.7 Å². The lowest BCUT2D eigenvalue weighted by atomic mass is 9.95. The van der Waals surface area contributed by atoms with Crippen LogP contribution >= 0.6 is 0 Å². The number of nitrogens with one attached hydrogen (secondary N) is 4. The number of carbonyl (C=O) groups excluding carboxylic acids is 4. The van der Waals surface area contributed by atoms with Gasteiger partial charge in [0.2, 0.25) is 23.5 Å². The molecule has 700 valence electrons. The number of carbonyl (C=O) groups is 4. The standard InChI is InChI=1S/2C24H27N5O5S.2C21H27N5O4S/c2*1-32-16-6-3-5-15(11-16)18-9-10-21(20-8-4-7-19(18)20)27-24(30)28-35(25,31)22-12-26-29-13-17(33-2)14-34-23(22)29;2*1-12-6-7-14-8-13-4-3-5-16(13)19(18(12)14)24-21(27)25-31(22,28)17-9-23-26-10-15(29-2)11-30-20(17)26/h2*3,5-6,9-12,17H,4,7-8,13-14H2,1-2H3,(H3,25,27,28,30,31);2*8-9,12,15H,3-7,10-11H2,1-2H3,(H3,22,24,25,27,28)/t2*17-,35?;12-,15+,31?;12-,15-,31?/m0010/s1. The third kappa shape index (κ3) is 19.1. The number of fused-ring (bicyclic) bond motifs is 10. The number of anilines is 4. The van der Waals surface area contributed by atoms with Crippen molar-refractivity contribution < 1.29 is 83.4 Å². The highest BCUT2D eigenvalue weighted by atomic mass is 32.2. The van der Waals surface area contributed by atoms with Gasteiger partial charge in [-0.15, -0.1) is 17.5 Å². The number of hydrogen-bond acceptors (Lipinski definition) is 22. The average Bonchev–Trinajstić information content (AvgIpc) is 1.60. The molecule has 132 heavy (non-hydrogen) atoms. The van der Waals surface area contributed by atoms with Gasteiger partial charge in [-0.1, -0.05) is 62.4 Å². The average molecular weight is 1890 g/mol. The quantitative estimate of drug-likeness (QED) is 0.0445. The van der Waals surface area contributed by atoms with Crippen molar-refractivity contribution in [2.24, 2.45) is 38.0 Å². The van der Waals surface area contributed by atoms with Crippen molar-refractivity contribution in [1.29, 1.82) is 0 Å². The molecule has 10 aromatic rings. The number of benzene rings is 6. The van der Waals surface area contributed by atoms with Crippen molar-refractivity contribution in [2.75, 3.05) is 90.4 Å². The summed E-state index contributed by atoms with van der Waals surface area (Å²) in [4.78, 5) is 51.7. The van der Waals surface area contributed by atoms with Crippen LogP contribution in [0.5, 0.6) is 35.0 Å². The molecule has 6 aliphatic carbocycles. The molecule has 0 saturated carbocycles. The summed E-state index contributed by atoms with van der Waals surface area (Å²) in [6.45, 7) is 7.23. The fourth-order valence-corrected chi connectivity index (χ4v) is 23.1. The SMILES string of the molecule is CO[C@@H]1COc2c(S(N)(=O)=NC(=O)Nc3c4c(cc5c3[C@@H](C)CC5)CCC4)cnn2C1.CO[C@@H]1COc2c(S(N)(=O)=NC(=O)Nc3c4c(cc5c3[C@H](C)CC5)CCC4)cnn2C1.COc1cccc(-c2ccc(NC(=O)N=S(N)(=O)c3cnn4c3OC[C@@H](OC)C4)c3c2CCC3)c1.COc1cccc(-c2ccc(NC(=O)N=S(N)(=O)c3cnn4c3OC[C@@H](OC)C4)c3c2CCC3)c1. The molecular weight excluding hydrogens is 1780 g/mol. The summed E-state index contributed by atoms with van der Waals surface area (Å²) >= 11 is 0. The molecule has 38 nitrogen and oxygen atoms in total. The molecule has 0 saturated heterocycles. The number of aryl methyl sites for hydroxylation is 4. The van der Waals surface area contributed by atoms with Crippen molar-refractivity contribution in [3.8, 4) is 57.3 Å². The first-order valence-corrected chi connectivity index (χ1v) is 50.1. The normalized spacial score (nSPS) is 20.5. The summed E-state index contributed by atoms with van der Waals surface area (Å²) < 4.78 is 129. The molecule has 4 unspecified atom stereocenters. The Balaban J connectivity index is 0.000000123. The zero-order chi connectivity index (χ0) is 92.7. The van der Waals surface area contributed by atoms with Crippen molar-refractivity contribution in [2.45, 2.75) is 199 Å². The van der Waals surface area contributed by atoms with Crippen molar-refractivity contribution >= 4 is 86.5 Å². The van der Waals surface area contributed by atoms with Gasteiger partial charge in [0.15, 0.2) is 39.7 Å². The van der Waals surface area contributed by atoms with Gasteiger partial charge in [-0.05, 0) is 240 Å². The molecule has 0 spiro atoms. The van der Waals surface area contributed by atoms with Crippen molar-refractivity contribution in [3.05, 3.63) is 176 Å². The predicted octanol–water partition coefficient (Wildman–Crippen LogP) is 12.3. The van der Waals surface area contributed by atoms with E-state index in [1.165, 1.54) is 99.1 Å². The van der Waals surface area contributed by atoms with Gasteiger partial charge >= 0.3 is 24.1 Å². The van der Waals surface area contributed by atoms with Gasteiger partial charge in [-0.3, -0.25) is 0 Å². The summed E-state index contributed by atoms with van der Waals surface area (Å²) in [6, 6.07) is 25.0. The molecule has 12 N–H and O–H groups in total. The van der Waals surface area contributed by atoms with E-state index in [0.29, 0.717) is 49.4 Å². The van der Waals surface area contributed by atoms with Crippen LogP contribution in [0.15, 0.2) is 147 Å². The van der Waals surface area contributed by atoms with E-state index in [9.17, 15) is 36.0 Å². The van der Waals surface area contributed by atoms with E-state index in [-0.39, 0.29) is 93.9 Å².